The van der Waals surface area contributed by atoms with Gasteiger partial charge < -0.3 is 20.5 Å². The number of morpholine rings is 1. The van der Waals surface area contributed by atoms with E-state index in [1.807, 2.05) is 0 Å². The number of aliphatic hydroxyl groups excluding tert-OH is 1. The molecule has 1 saturated heterocycles. The highest BCUT2D eigenvalue weighted by Gasteiger charge is 2.27. The fourth-order valence-corrected chi connectivity index (χ4v) is 2.17. The number of carbonyl (C=O) groups is 1. The predicted octanol–water partition coefficient (Wildman–Crippen LogP) is -0.748. The fraction of sp³-hybridized carbons (Fsp3) is 0.909. The van der Waals surface area contributed by atoms with Gasteiger partial charge in [-0.3, -0.25) is 4.79 Å². The molecule has 3 N–H and O–H groups in total. The first-order valence-electron chi connectivity index (χ1n) is 6.00. The van der Waals surface area contributed by atoms with Gasteiger partial charge in [0, 0.05) is 25.6 Å². The Labute approximate surface area is 95.5 Å². The minimum Gasteiger partial charge on any atom is -0.393 e. The molecular formula is C11H20N2O3. The van der Waals surface area contributed by atoms with Crippen LogP contribution in [0.15, 0.2) is 0 Å². The maximum Gasteiger partial charge on any atom is 0.221 e. The van der Waals surface area contributed by atoms with Gasteiger partial charge in [0.05, 0.1) is 19.3 Å². The van der Waals surface area contributed by atoms with Crippen LogP contribution in [0.3, 0.4) is 0 Å². The summed E-state index contributed by atoms with van der Waals surface area (Å²) < 4.78 is 5.28. The second-order valence-electron chi connectivity index (χ2n) is 4.73. The lowest BCUT2D eigenvalue weighted by molar-refractivity contribution is -0.122. The van der Waals surface area contributed by atoms with Crippen LogP contribution in [0.25, 0.3) is 0 Å². The molecule has 0 radical (unpaired) electrons. The van der Waals surface area contributed by atoms with E-state index >= 15 is 0 Å². The van der Waals surface area contributed by atoms with Crippen LogP contribution < -0.4 is 10.6 Å². The molecule has 1 aliphatic heterocycles. The molecule has 0 aromatic carbocycles. The molecule has 2 rings (SSSR count). The van der Waals surface area contributed by atoms with Crippen LogP contribution in [0.1, 0.15) is 19.3 Å². The third-order valence-electron chi connectivity index (χ3n) is 3.23. The first kappa shape index (κ1) is 11.8. The lowest BCUT2D eigenvalue weighted by Gasteiger charge is -2.31. The Morgan fingerprint density at radius 3 is 2.94 bits per heavy atom. The van der Waals surface area contributed by atoms with E-state index < -0.39 is 0 Å². The van der Waals surface area contributed by atoms with Gasteiger partial charge in [0.15, 0.2) is 0 Å². The van der Waals surface area contributed by atoms with Gasteiger partial charge >= 0.3 is 0 Å². The predicted molar refractivity (Wildman–Crippen MR) is 59.0 cm³/mol. The zero-order valence-corrected chi connectivity index (χ0v) is 9.45. The Bertz CT molecular complexity index is 235. The number of aliphatic hydroxyl groups is 1. The Morgan fingerprint density at radius 1 is 1.50 bits per heavy atom. The summed E-state index contributed by atoms with van der Waals surface area (Å²) in [6.45, 7) is 2.88. The minimum absolute atomic E-state index is 0.0735. The zero-order chi connectivity index (χ0) is 11.4. The van der Waals surface area contributed by atoms with Gasteiger partial charge in [0.2, 0.25) is 5.91 Å². The second-order valence-corrected chi connectivity index (χ2v) is 4.73. The van der Waals surface area contributed by atoms with Crippen molar-refractivity contribution in [2.75, 3.05) is 26.3 Å². The molecule has 0 aromatic heterocycles. The van der Waals surface area contributed by atoms with Crippen molar-refractivity contribution in [1.29, 1.82) is 0 Å². The lowest BCUT2D eigenvalue weighted by Crippen LogP contribution is -2.45. The molecule has 16 heavy (non-hydrogen) atoms. The average molecular weight is 228 g/mol. The number of hydrogen-bond acceptors (Lipinski definition) is 4. The smallest absolute Gasteiger partial charge is 0.221 e. The Kier molecular flexibility index (Phi) is 4.15. The highest BCUT2D eigenvalue weighted by molar-refractivity contribution is 5.76. The molecule has 0 aromatic rings. The van der Waals surface area contributed by atoms with E-state index in [0.717, 1.165) is 26.0 Å². The first-order chi connectivity index (χ1) is 7.74. The molecule has 92 valence electrons. The molecule has 1 saturated carbocycles. The van der Waals surface area contributed by atoms with Crippen molar-refractivity contribution in [3.8, 4) is 0 Å². The molecular weight excluding hydrogens is 208 g/mol. The highest BCUT2D eigenvalue weighted by atomic mass is 16.5. The van der Waals surface area contributed by atoms with Gasteiger partial charge in [0.1, 0.15) is 0 Å². The number of hydrogen-bond donors (Lipinski definition) is 3. The SMILES string of the molecule is O=C(CC1COCCN1)NCC1CC(O)C1. The zero-order valence-electron chi connectivity index (χ0n) is 9.45. The van der Waals surface area contributed by atoms with E-state index in [9.17, 15) is 4.79 Å². The van der Waals surface area contributed by atoms with E-state index in [2.05, 4.69) is 10.6 Å². The third kappa shape index (κ3) is 3.43. The van der Waals surface area contributed by atoms with Crippen molar-refractivity contribution < 1.29 is 14.6 Å². The second kappa shape index (κ2) is 5.61. The van der Waals surface area contributed by atoms with Gasteiger partial charge in [-0.25, -0.2) is 0 Å². The molecule has 5 nitrogen and oxygen atoms in total. The van der Waals surface area contributed by atoms with Gasteiger partial charge in [0.25, 0.3) is 0 Å². The summed E-state index contributed by atoms with van der Waals surface area (Å²) in [5.41, 5.74) is 0. The molecule has 2 fully saturated rings. The van der Waals surface area contributed by atoms with Crippen molar-refractivity contribution in [1.82, 2.24) is 10.6 Å². The minimum atomic E-state index is -0.143. The lowest BCUT2D eigenvalue weighted by atomic mass is 9.82. The number of ether oxygens (including phenoxy) is 1. The summed E-state index contributed by atoms with van der Waals surface area (Å²) in [5, 5.41) is 15.3. The molecule has 1 atom stereocenters. The quantitative estimate of drug-likeness (QED) is 0.592. The Hall–Kier alpha value is -0.650. The summed E-state index contributed by atoms with van der Waals surface area (Å²) in [6, 6.07) is 0.153. The summed E-state index contributed by atoms with van der Waals surface area (Å²) in [7, 11) is 0. The van der Waals surface area contributed by atoms with Gasteiger partial charge in [-0.1, -0.05) is 0 Å². The first-order valence-corrected chi connectivity index (χ1v) is 6.00. The largest absolute Gasteiger partial charge is 0.393 e. The molecule has 1 amide bonds. The summed E-state index contributed by atoms with van der Waals surface area (Å²) in [5.74, 6) is 0.541. The average Bonchev–Trinajstić information content (AvgIpc) is 2.24. The van der Waals surface area contributed by atoms with E-state index in [1.165, 1.54) is 0 Å². The number of nitrogens with one attached hydrogen (secondary N) is 2. The van der Waals surface area contributed by atoms with E-state index in [0.29, 0.717) is 25.5 Å². The normalized spacial score (nSPS) is 34.2. The van der Waals surface area contributed by atoms with Crippen molar-refractivity contribution >= 4 is 5.91 Å². The van der Waals surface area contributed by atoms with Gasteiger partial charge in [-0.05, 0) is 18.8 Å². The van der Waals surface area contributed by atoms with E-state index in [4.69, 9.17) is 9.84 Å². The van der Waals surface area contributed by atoms with Crippen molar-refractivity contribution in [3.63, 3.8) is 0 Å². The van der Waals surface area contributed by atoms with E-state index in [1.54, 1.807) is 0 Å². The van der Waals surface area contributed by atoms with Crippen LogP contribution in [-0.2, 0) is 9.53 Å². The number of rotatable bonds is 4. The van der Waals surface area contributed by atoms with Gasteiger partial charge in [-0.15, -0.1) is 0 Å². The van der Waals surface area contributed by atoms with Crippen molar-refractivity contribution in [3.05, 3.63) is 0 Å². The molecule has 1 aliphatic carbocycles. The standard InChI is InChI=1S/C11H20N2O3/c14-10-3-8(4-10)6-13-11(15)5-9-7-16-2-1-12-9/h8-10,12,14H,1-7H2,(H,13,15). The topological polar surface area (TPSA) is 70.6 Å². The van der Waals surface area contributed by atoms with Crippen LogP contribution in [0.5, 0.6) is 0 Å². The number of amides is 1. The van der Waals surface area contributed by atoms with Crippen LogP contribution in [-0.4, -0.2) is 49.5 Å². The molecule has 2 aliphatic rings. The van der Waals surface area contributed by atoms with Crippen LogP contribution in [0, 0.1) is 5.92 Å². The Morgan fingerprint density at radius 2 is 2.31 bits per heavy atom. The maximum absolute atomic E-state index is 11.6. The van der Waals surface area contributed by atoms with Crippen molar-refractivity contribution in [2.24, 2.45) is 5.92 Å². The van der Waals surface area contributed by atoms with Crippen LogP contribution in [0.4, 0.5) is 0 Å². The highest BCUT2D eigenvalue weighted by Crippen LogP contribution is 2.26. The fourth-order valence-electron chi connectivity index (χ4n) is 2.17. The Balaban J connectivity index is 1.57. The van der Waals surface area contributed by atoms with E-state index in [-0.39, 0.29) is 18.1 Å². The van der Waals surface area contributed by atoms with Crippen LogP contribution in [0.2, 0.25) is 0 Å². The molecule has 1 heterocycles. The monoisotopic (exact) mass is 228 g/mol. The molecule has 0 bridgehead atoms. The molecule has 1 unspecified atom stereocenters. The number of carbonyl (C=O) groups excluding carboxylic acids is 1. The van der Waals surface area contributed by atoms with Crippen molar-refractivity contribution in [2.45, 2.75) is 31.4 Å². The summed E-state index contributed by atoms with van der Waals surface area (Å²) in [4.78, 5) is 11.6. The van der Waals surface area contributed by atoms with Gasteiger partial charge in [-0.2, -0.15) is 0 Å². The molecule has 0 spiro atoms. The van der Waals surface area contributed by atoms with Crippen LogP contribution >= 0.6 is 0 Å². The summed E-state index contributed by atoms with van der Waals surface area (Å²) >= 11 is 0. The molecule has 5 heteroatoms. The third-order valence-corrected chi connectivity index (χ3v) is 3.23. The maximum atomic E-state index is 11.6. The summed E-state index contributed by atoms with van der Waals surface area (Å²) in [6.07, 6.45) is 1.99.